The van der Waals surface area contributed by atoms with Crippen LogP contribution in [0.15, 0.2) is 54.6 Å². The van der Waals surface area contributed by atoms with Gasteiger partial charge in [-0.15, -0.1) is 11.8 Å². The van der Waals surface area contributed by atoms with Gasteiger partial charge in [0.1, 0.15) is 11.2 Å². The van der Waals surface area contributed by atoms with E-state index in [4.69, 9.17) is 0 Å². The summed E-state index contributed by atoms with van der Waals surface area (Å²) < 4.78 is 13.9. The maximum atomic E-state index is 13.9. The Hall–Kier alpha value is -1.81. The van der Waals surface area contributed by atoms with Crippen molar-refractivity contribution in [3.8, 4) is 0 Å². The second kappa shape index (κ2) is 5.67. The lowest BCUT2D eigenvalue weighted by atomic mass is 10.1. The highest BCUT2D eigenvalue weighted by molar-refractivity contribution is 7.99. The molecule has 2 aromatic rings. The molecule has 0 aliphatic carbocycles. The molecule has 1 heterocycles. The molecule has 0 spiro atoms. The van der Waals surface area contributed by atoms with Crippen LogP contribution in [0.4, 0.5) is 4.39 Å². The quantitative estimate of drug-likeness (QED) is 0.839. The van der Waals surface area contributed by atoms with Gasteiger partial charge < -0.3 is 4.90 Å². The molecule has 1 saturated heterocycles. The van der Waals surface area contributed by atoms with Crippen LogP contribution in [0.2, 0.25) is 0 Å². The molecule has 102 valence electrons. The highest BCUT2D eigenvalue weighted by Crippen LogP contribution is 2.39. The molecule has 20 heavy (non-hydrogen) atoms. The Morgan fingerprint density at radius 1 is 1.10 bits per heavy atom. The minimum atomic E-state index is -0.252. The van der Waals surface area contributed by atoms with Gasteiger partial charge >= 0.3 is 0 Å². The van der Waals surface area contributed by atoms with E-state index in [-0.39, 0.29) is 17.1 Å². The minimum Gasteiger partial charge on any atom is -0.322 e. The van der Waals surface area contributed by atoms with E-state index >= 15 is 0 Å². The molecule has 3 rings (SSSR count). The number of halogens is 1. The molecular weight excluding hydrogens is 273 g/mol. The SMILES string of the molecule is O=C(c1ccccc1)N1CCS[C@@H]1c1ccccc1F. The molecule has 1 atom stereocenters. The lowest BCUT2D eigenvalue weighted by Crippen LogP contribution is -2.30. The Morgan fingerprint density at radius 2 is 1.80 bits per heavy atom. The van der Waals surface area contributed by atoms with Crippen LogP contribution in [-0.4, -0.2) is 23.1 Å². The van der Waals surface area contributed by atoms with Gasteiger partial charge in [-0.3, -0.25) is 4.79 Å². The van der Waals surface area contributed by atoms with Crippen LogP contribution in [0.5, 0.6) is 0 Å². The number of hydrogen-bond donors (Lipinski definition) is 0. The Balaban J connectivity index is 1.90. The van der Waals surface area contributed by atoms with Crippen molar-refractivity contribution in [1.82, 2.24) is 4.90 Å². The summed E-state index contributed by atoms with van der Waals surface area (Å²) in [7, 11) is 0. The maximum Gasteiger partial charge on any atom is 0.255 e. The van der Waals surface area contributed by atoms with Gasteiger partial charge in [0, 0.05) is 23.4 Å². The second-order valence-corrected chi connectivity index (χ2v) is 5.80. The molecule has 0 bridgehead atoms. The van der Waals surface area contributed by atoms with Crippen molar-refractivity contribution in [3.05, 3.63) is 71.5 Å². The summed E-state index contributed by atoms with van der Waals surface area (Å²) in [6.45, 7) is 0.650. The number of carbonyl (C=O) groups excluding carboxylic acids is 1. The van der Waals surface area contributed by atoms with Crippen LogP contribution in [-0.2, 0) is 0 Å². The lowest BCUT2D eigenvalue weighted by molar-refractivity contribution is 0.0759. The van der Waals surface area contributed by atoms with Gasteiger partial charge in [0.05, 0.1) is 0 Å². The molecule has 2 nitrogen and oxygen atoms in total. The van der Waals surface area contributed by atoms with E-state index in [0.29, 0.717) is 17.7 Å². The second-order valence-electron chi connectivity index (χ2n) is 4.61. The summed E-state index contributed by atoms with van der Waals surface area (Å²) in [5, 5.41) is -0.232. The molecule has 0 saturated carbocycles. The Morgan fingerprint density at radius 3 is 2.55 bits per heavy atom. The van der Waals surface area contributed by atoms with E-state index in [1.165, 1.54) is 6.07 Å². The van der Waals surface area contributed by atoms with Gasteiger partial charge in [-0.25, -0.2) is 4.39 Å². The minimum absolute atomic E-state index is 0.0381. The molecule has 1 fully saturated rings. The molecule has 1 aliphatic heterocycles. The number of hydrogen-bond acceptors (Lipinski definition) is 2. The predicted molar refractivity (Wildman–Crippen MR) is 79.1 cm³/mol. The topological polar surface area (TPSA) is 20.3 Å². The van der Waals surface area contributed by atoms with Crippen molar-refractivity contribution in [3.63, 3.8) is 0 Å². The lowest BCUT2D eigenvalue weighted by Gasteiger charge is -2.24. The molecule has 1 amide bonds. The van der Waals surface area contributed by atoms with E-state index in [1.54, 1.807) is 40.9 Å². The normalized spacial score (nSPS) is 18.2. The van der Waals surface area contributed by atoms with Crippen molar-refractivity contribution < 1.29 is 9.18 Å². The van der Waals surface area contributed by atoms with E-state index in [2.05, 4.69) is 0 Å². The molecule has 1 aliphatic rings. The monoisotopic (exact) mass is 287 g/mol. The van der Waals surface area contributed by atoms with Crippen molar-refractivity contribution in [1.29, 1.82) is 0 Å². The van der Waals surface area contributed by atoms with Gasteiger partial charge in [0.25, 0.3) is 5.91 Å². The Bertz CT molecular complexity index is 617. The molecule has 0 unspecified atom stereocenters. The van der Waals surface area contributed by atoms with E-state index in [0.717, 1.165) is 5.75 Å². The third kappa shape index (κ3) is 2.43. The molecule has 0 radical (unpaired) electrons. The molecular formula is C16H14FNOS. The first-order valence-electron chi connectivity index (χ1n) is 6.49. The summed E-state index contributed by atoms with van der Waals surface area (Å²) in [5.74, 6) is 0.541. The number of rotatable bonds is 2. The van der Waals surface area contributed by atoms with Gasteiger partial charge in [-0.2, -0.15) is 0 Å². The first-order valence-corrected chi connectivity index (χ1v) is 7.54. The van der Waals surface area contributed by atoms with Crippen LogP contribution < -0.4 is 0 Å². The van der Waals surface area contributed by atoms with Crippen molar-refractivity contribution >= 4 is 17.7 Å². The van der Waals surface area contributed by atoms with Gasteiger partial charge in [-0.1, -0.05) is 36.4 Å². The van der Waals surface area contributed by atoms with Crippen LogP contribution in [0.3, 0.4) is 0 Å². The summed E-state index contributed by atoms with van der Waals surface area (Å²) in [5.41, 5.74) is 1.23. The zero-order valence-electron chi connectivity index (χ0n) is 10.8. The average molecular weight is 287 g/mol. The van der Waals surface area contributed by atoms with E-state index in [9.17, 15) is 9.18 Å². The Labute approximate surface area is 121 Å². The number of amides is 1. The van der Waals surface area contributed by atoms with Crippen LogP contribution in [0.25, 0.3) is 0 Å². The van der Waals surface area contributed by atoms with Crippen LogP contribution in [0.1, 0.15) is 21.3 Å². The van der Waals surface area contributed by atoms with Gasteiger partial charge in [0.2, 0.25) is 0 Å². The van der Waals surface area contributed by atoms with Crippen molar-refractivity contribution in [2.24, 2.45) is 0 Å². The maximum absolute atomic E-state index is 13.9. The van der Waals surface area contributed by atoms with Gasteiger partial charge in [0.15, 0.2) is 0 Å². The zero-order valence-corrected chi connectivity index (χ0v) is 11.6. The van der Waals surface area contributed by atoms with Gasteiger partial charge in [-0.05, 0) is 18.2 Å². The van der Waals surface area contributed by atoms with Crippen molar-refractivity contribution in [2.45, 2.75) is 5.37 Å². The third-order valence-electron chi connectivity index (χ3n) is 3.34. The molecule has 0 N–H and O–H groups in total. The fraction of sp³-hybridized carbons (Fsp3) is 0.188. The predicted octanol–water partition coefficient (Wildman–Crippen LogP) is 3.71. The largest absolute Gasteiger partial charge is 0.322 e. The highest BCUT2D eigenvalue weighted by Gasteiger charge is 2.32. The summed E-state index contributed by atoms with van der Waals surface area (Å²) in [4.78, 5) is 14.3. The smallest absolute Gasteiger partial charge is 0.255 e. The fourth-order valence-corrected chi connectivity index (χ4v) is 3.63. The first kappa shape index (κ1) is 13.2. The Kier molecular flexibility index (Phi) is 3.74. The molecule has 2 aromatic carbocycles. The van der Waals surface area contributed by atoms with E-state index in [1.807, 2.05) is 24.3 Å². The molecule has 0 aromatic heterocycles. The standard InChI is InChI=1S/C16H14FNOS/c17-14-9-5-4-8-13(14)16-18(10-11-20-16)15(19)12-6-2-1-3-7-12/h1-9,16H,10-11H2/t16-/m1/s1. The van der Waals surface area contributed by atoms with E-state index < -0.39 is 0 Å². The summed E-state index contributed by atoms with van der Waals surface area (Å²) in [6.07, 6.45) is 0. The number of carbonyl (C=O) groups is 1. The number of benzene rings is 2. The summed E-state index contributed by atoms with van der Waals surface area (Å²) >= 11 is 1.61. The molecule has 4 heteroatoms. The summed E-state index contributed by atoms with van der Waals surface area (Å²) in [6, 6.07) is 15.8. The number of thioether (sulfide) groups is 1. The van der Waals surface area contributed by atoms with Crippen LogP contribution >= 0.6 is 11.8 Å². The first-order chi connectivity index (χ1) is 9.77. The highest BCUT2D eigenvalue weighted by atomic mass is 32.2. The third-order valence-corrected chi connectivity index (χ3v) is 4.59. The number of nitrogens with zero attached hydrogens (tertiary/aromatic N) is 1. The van der Waals surface area contributed by atoms with Crippen molar-refractivity contribution in [2.75, 3.05) is 12.3 Å². The zero-order chi connectivity index (χ0) is 13.9. The fourth-order valence-electron chi connectivity index (χ4n) is 2.36. The van der Waals surface area contributed by atoms with Crippen LogP contribution in [0, 0.1) is 5.82 Å². The average Bonchev–Trinajstić information content (AvgIpc) is 2.97.